The lowest BCUT2D eigenvalue weighted by Crippen LogP contribution is -2.44. The third kappa shape index (κ3) is 3.08. The first-order chi connectivity index (χ1) is 11.3. The maximum atomic E-state index is 12.8. The predicted molar refractivity (Wildman–Crippen MR) is 92.7 cm³/mol. The van der Waals surface area contributed by atoms with E-state index in [-0.39, 0.29) is 5.91 Å². The van der Waals surface area contributed by atoms with E-state index in [4.69, 9.17) is 4.74 Å². The number of aromatic amines is 1. The van der Waals surface area contributed by atoms with E-state index in [1.54, 1.807) is 33.2 Å². The molecule has 24 heavy (non-hydrogen) atoms. The van der Waals surface area contributed by atoms with Crippen LogP contribution in [0.25, 0.3) is 11.3 Å². The van der Waals surface area contributed by atoms with Crippen molar-refractivity contribution in [2.45, 2.75) is 32.8 Å². The van der Waals surface area contributed by atoms with Crippen LogP contribution in [0.1, 0.15) is 36.8 Å². The molecule has 0 radical (unpaired) electrons. The molecule has 3 rings (SSSR count). The van der Waals surface area contributed by atoms with Gasteiger partial charge in [-0.25, -0.2) is 9.69 Å². The van der Waals surface area contributed by atoms with E-state index >= 15 is 0 Å². The van der Waals surface area contributed by atoms with Gasteiger partial charge in [-0.1, -0.05) is 0 Å². The molecule has 126 valence electrons. The van der Waals surface area contributed by atoms with Crippen LogP contribution in [0.4, 0.5) is 4.79 Å². The van der Waals surface area contributed by atoms with Gasteiger partial charge in [0.25, 0.3) is 5.91 Å². The van der Waals surface area contributed by atoms with Crippen molar-refractivity contribution in [2.24, 2.45) is 0 Å². The first kappa shape index (κ1) is 16.7. The third-order valence-electron chi connectivity index (χ3n) is 3.64. The Bertz CT molecular complexity index is 793. The molecule has 0 aromatic carbocycles. The zero-order valence-electron chi connectivity index (χ0n) is 13.7. The summed E-state index contributed by atoms with van der Waals surface area (Å²) >= 11 is 3.50. The summed E-state index contributed by atoms with van der Waals surface area (Å²) in [6.45, 7) is 5.62. The van der Waals surface area contributed by atoms with Gasteiger partial charge in [0, 0.05) is 36.6 Å². The van der Waals surface area contributed by atoms with Crippen molar-refractivity contribution in [3.63, 3.8) is 0 Å². The summed E-state index contributed by atoms with van der Waals surface area (Å²) in [6, 6.07) is 3.72. The van der Waals surface area contributed by atoms with E-state index in [1.165, 1.54) is 0 Å². The Morgan fingerprint density at radius 1 is 1.33 bits per heavy atom. The first-order valence-corrected chi connectivity index (χ1v) is 8.43. The number of rotatable bonds is 1. The minimum absolute atomic E-state index is 0.295. The Hall–Kier alpha value is -2.15. The van der Waals surface area contributed by atoms with Gasteiger partial charge in [-0.2, -0.15) is 0 Å². The largest absolute Gasteiger partial charge is 0.443 e. The number of aromatic nitrogens is 2. The molecule has 1 aliphatic heterocycles. The number of pyridine rings is 1. The standard InChI is InChI=1S/C17H18BrN3O3/c1-17(2,3)24-16(23)21-9-6-11-12(15(21)22)13(18)14(20-11)10-4-7-19-8-5-10/h4-5,7-8,20H,6,9H2,1-3H3. The van der Waals surface area contributed by atoms with Crippen molar-refractivity contribution in [1.29, 1.82) is 0 Å². The summed E-state index contributed by atoms with van der Waals surface area (Å²) < 4.78 is 5.98. The highest BCUT2D eigenvalue weighted by atomic mass is 79.9. The van der Waals surface area contributed by atoms with Crippen molar-refractivity contribution in [2.75, 3.05) is 6.54 Å². The SMILES string of the molecule is CC(C)(C)OC(=O)N1CCc2[nH]c(-c3ccncc3)c(Br)c2C1=O. The summed E-state index contributed by atoms with van der Waals surface area (Å²) in [5, 5.41) is 0. The van der Waals surface area contributed by atoms with Crippen molar-refractivity contribution in [3.05, 3.63) is 40.3 Å². The van der Waals surface area contributed by atoms with E-state index < -0.39 is 11.7 Å². The van der Waals surface area contributed by atoms with Gasteiger partial charge in [0.2, 0.25) is 0 Å². The van der Waals surface area contributed by atoms with Crippen molar-refractivity contribution >= 4 is 27.9 Å². The fourth-order valence-electron chi connectivity index (χ4n) is 2.61. The summed E-state index contributed by atoms with van der Waals surface area (Å²) in [6.07, 6.45) is 3.33. The summed E-state index contributed by atoms with van der Waals surface area (Å²) in [5.74, 6) is -0.353. The number of carbonyl (C=O) groups is 2. The van der Waals surface area contributed by atoms with Crippen LogP contribution in [0.2, 0.25) is 0 Å². The van der Waals surface area contributed by atoms with E-state index in [1.807, 2.05) is 12.1 Å². The number of carbonyl (C=O) groups excluding carboxylic acids is 2. The number of ether oxygens (including phenoxy) is 1. The maximum Gasteiger partial charge on any atom is 0.417 e. The fraction of sp³-hybridized carbons (Fsp3) is 0.353. The Morgan fingerprint density at radius 2 is 2.00 bits per heavy atom. The minimum Gasteiger partial charge on any atom is -0.443 e. The highest BCUT2D eigenvalue weighted by Crippen LogP contribution is 2.36. The van der Waals surface area contributed by atoms with Crippen LogP contribution in [-0.2, 0) is 11.2 Å². The first-order valence-electron chi connectivity index (χ1n) is 7.63. The van der Waals surface area contributed by atoms with E-state index in [2.05, 4.69) is 25.9 Å². The number of amides is 2. The molecule has 1 aliphatic rings. The molecule has 0 bridgehead atoms. The van der Waals surface area contributed by atoms with E-state index in [9.17, 15) is 9.59 Å². The van der Waals surface area contributed by atoms with Gasteiger partial charge < -0.3 is 9.72 Å². The number of nitrogens with one attached hydrogen (secondary N) is 1. The number of nitrogens with zero attached hydrogens (tertiary/aromatic N) is 2. The molecule has 0 fully saturated rings. The van der Waals surface area contributed by atoms with Gasteiger partial charge in [0.05, 0.1) is 15.7 Å². The van der Waals surface area contributed by atoms with Crippen LogP contribution in [0.3, 0.4) is 0 Å². The van der Waals surface area contributed by atoms with Crippen molar-refractivity contribution in [3.8, 4) is 11.3 Å². The molecule has 0 spiro atoms. The summed E-state index contributed by atoms with van der Waals surface area (Å²) in [4.78, 5) is 33.5. The number of hydrogen-bond acceptors (Lipinski definition) is 4. The van der Waals surface area contributed by atoms with Gasteiger partial charge in [0.1, 0.15) is 5.60 Å². The topological polar surface area (TPSA) is 75.3 Å². The van der Waals surface area contributed by atoms with Gasteiger partial charge in [0.15, 0.2) is 0 Å². The van der Waals surface area contributed by atoms with Crippen LogP contribution < -0.4 is 0 Å². The van der Waals surface area contributed by atoms with Crippen LogP contribution in [0.15, 0.2) is 29.0 Å². The Labute approximate surface area is 148 Å². The summed E-state index contributed by atoms with van der Waals surface area (Å²) in [5.41, 5.74) is 2.39. The van der Waals surface area contributed by atoms with Gasteiger partial charge in [-0.15, -0.1) is 0 Å². The lowest BCUT2D eigenvalue weighted by atomic mass is 10.1. The summed E-state index contributed by atoms with van der Waals surface area (Å²) in [7, 11) is 0. The zero-order valence-corrected chi connectivity index (χ0v) is 15.3. The fourth-order valence-corrected chi connectivity index (χ4v) is 3.34. The minimum atomic E-state index is -0.644. The quantitative estimate of drug-likeness (QED) is 0.802. The Morgan fingerprint density at radius 3 is 2.62 bits per heavy atom. The Balaban J connectivity index is 1.94. The van der Waals surface area contributed by atoms with Crippen molar-refractivity contribution in [1.82, 2.24) is 14.9 Å². The molecular formula is C17H18BrN3O3. The van der Waals surface area contributed by atoms with Crippen LogP contribution in [-0.4, -0.2) is 39.0 Å². The predicted octanol–water partition coefficient (Wildman–Crippen LogP) is 3.77. The zero-order chi connectivity index (χ0) is 17.5. The number of H-pyrrole nitrogens is 1. The van der Waals surface area contributed by atoms with E-state index in [0.717, 1.165) is 21.9 Å². The molecule has 3 heterocycles. The van der Waals surface area contributed by atoms with Crippen LogP contribution in [0, 0.1) is 0 Å². The smallest absolute Gasteiger partial charge is 0.417 e. The van der Waals surface area contributed by atoms with Gasteiger partial charge in [-0.3, -0.25) is 9.78 Å². The lowest BCUT2D eigenvalue weighted by Gasteiger charge is -2.28. The lowest BCUT2D eigenvalue weighted by molar-refractivity contribution is 0.0233. The molecule has 2 amide bonds. The number of hydrogen-bond donors (Lipinski definition) is 1. The van der Waals surface area contributed by atoms with E-state index in [0.29, 0.717) is 23.0 Å². The second-order valence-corrected chi connectivity index (χ2v) is 7.38. The number of halogens is 1. The van der Waals surface area contributed by atoms with Crippen LogP contribution in [0.5, 0.6) is 0 Å². The second-order valence-electron chi connectivity index (χ2n) is 6.59. The highest BCUT2D eigenvalue weighted by Gasteiger charge is 2.35. The molecule has 6 nitrogen and oxygen atoms in total. The molecular weight excluding hydrogens is 374 g/mol. The molecule has 0 saturated carbocycles. The molecule has 0 saturated heterocycles. The third-order valence-corrected chi connectivity index (χ3v) is 4.44. The highest BCUT2D eigenvalue weighted by molar-refractivity contribution is 9.10. The molecule has 0 atom stereocenters. The molecule has 1 N–H and O–H groups in total. The Kier molecular flexibility index (Phi) is 4.21. The molecule has 2 aromatic heterocycles. The molecule has 2 aromatic rings. The molecule has 7 heteroatoms. The van der Waals surface area contributed by atoms with Gasteiger partial charge in [-0.05, 0) is 48.8 Å². The van der Waals surface area contributed by atoms with Gasteiger partial charge >= 0.3 is 6.09 Å². The average Bonchev–Trinajstić information content (AvgIpc) is 2.84. The maximum absolute atomic E-state index is 12.8. The number of fused-ring (bicyclic) bond motifs is 1. The van der Waals surface area contributed by atoms with Crippen LogP contribution >= 0.6 is 15.9 Å². The van der Waals surface area contributed by atoms with Crippen molar-refractivity contribution < 1.29 is 14.3 Å². The second kappa shape index (κ2) is 6.05. The monoisotopic (exact) mass is 391 g/mol. The number of imide groups is 1. The molecule has 0 aliphatic carbocycles. The normalized spacial score (nSPS) is 14.5. The average molecular weight is 392 g/mol. The molecule has 0 unspecified atom stereocenters.